The first-order valence-electron chi connectivity index (χ1n) is 30.9. The first-order chi connectivity index (χ1) is 36.5. The van der Waals surface area contributed by atoms with Crippen LogP contribution in [0.5, 0.6) is 0 Å². The Bertz CT molecular complexity index is 1510. The van der Waals surface area contributed by atoms with E-state index in [4.69, 9.17) is 14.2 Å². The lowest BCUT2D eigenvalue weighted by molar-refractivity contribution is -0.167. The quantitative estimate of drug-likeness (QED) is 0.0261. The third kappa shape index (κ3) is 59.0. The van der Waals surface area contributed by atoms with Gasteiger partial charge in [0.25, 0.3) is 0 Å². The number of carbonyl (C=O) groups excluding carboxylic acids is 3. The molecule has 0 fully saturated rings. The lowest BCUT2D eigenvalue weighted by Gasteiger charge is -2.18. The average Bonchev–Trinajstić information content (AvgIpc) is 3.40. The fraction of sp³-hybridized carbons (Fsp3) is 0.691. The van der Waals surface area contributed by atoms with Crippen molar-refractivity contribution in [2.45, 2.75) is 290 Å². The Morgan fingerprint density at radius 3 is 0.824 bits per heavy atom. The Hall–Kier alpha value is -3.93. The van der Waals surface area contributed by atoms with E-state index in [0.29, 0.717) is 19.3 Å². The molecule has 422 valence electrons. The summed E-state index contributed by atoms with van der Waals surface area (Å²) in [7, 11) is 0. The minimum Gasteiger partial charge on any atom is -0.462 e. The van der Waals surface area contributed by atoms with E-state index in [1.54, 1.807) is 0 Å². The topological polar surface area (TPSA) is 78.9 Å². The zero-order chi connectivity index (χ0) is 53.6. The summed E-state index contributed by atoms with van der Waals surface area (Å²) in [5.74, 6) is -0.909. The molecule has 0 heterocycles. The van der Waals surface area contributed by atoms with E-state index >= 15 is 0 Å². The van der Waals surface area contributed by atoms with Crippen LogP contribution in [0.25, 0.3) is 0 Å². The molecule has 1 unspecified atom stereocenters. The monoisotopic (exact) mass is 1030 g/mol. The third-order valence-electron chi connectivity index (χ3n) is 13.0. The van der Waals surface area contributed by atoms with E-state index in [0.717, 1.165) is 122 Å². The fourth-order valence-corrected chi connectivity index (χ4v) is 8.39. The Labute approximate surface area is 457 Å². The first kappa shape index (κ1) is 70.1. The summed E-state index contributed by atoms with van der Waals surface area (Å²) in [6, 6.07) is 0. The molecular formula is C68H114O6. The molecule has 0 radical (unpaired) electrons. The molecule has 0 N–H and O–H groups in total. The van der Waals surface area contributed by atoms with E-state index in [2.05, 4.69) is 130 Å². The standard InChI is InChI=1S/C68H114O6/c1-4-7-10-13-16-18-20-22-24-26-28-30-31-32-33-34-35-36-37-39-40-42-44-46-48-50-52-55-58-61-67(70)73-64-65(63-72-66(69)60-57-54-15-12-9-6-3)74-68(71)62-59-56-53-51-49-47-45-43-41-38-29-27-25-23-21-19-17-14-11-8-5-2/h7,10,16,18,21-24,27-30,32-33,35-36,41,43,65H,4-6,8-9,11-15,17,19-20,25-26,31,34,37-40,42,44-64H2,1-3H3/b10-7-,18-16-,23-21-,24-22-,29-27-,30-28-,33-32-,36-35-,43-41-. The summed E-state index contributed by atoms with van der Waals surface area (Å²) < 4.78 is 16.8. The molecule has 0 aromatic heterocycles. The zero-order valence-electron chi connectivity index (χ0n) is 48.3. The summed E-state index contributed by atoms with van der Waals surface area (Å²) in [4.78, 5) is 38.0. The molecule has 1 atom stereocenters. The van der Waals surface area contributed by atoms with Gasteiger partial charge in [0.1, 0.15) is 13.2 Å². The van der Waals surface area contributed by atoms with Gasteiger partial charge in [0, 0.05) is 19.3 Å². The predicted octanol–water partition coefficient (Wildman–Crippen LogP) is 21.0. The summed E-state index contributed by atoms with van der Waals surface area (Å²) >= 11 is 0. The molecular weight excluding hydrogens is 913 g/mol. The van der Waals surface area contributed by atoms with Gasteiger partial charge in [-0.3, -0.25) is 14.4 Å². The molecule has 0 aromatic carbocycles. The van der Waals surface area contributed by atoms with Gasteiger partial charge < -0.3 is 14.2 Å². The Balaban J connectivity index is 4.15. The van der Waals surface area contributed by atoms with Gasteiger partial charge in [-0.15, -0.1) is 0 Å². The van der Waals surface area contributed by atoms with Crippen molar-refractivity contribution in [3.63, 3.8) is 0 Å². The van der Waals surface area contributed by atoms with E-state index in [1.807, 2.05) is 0 Å². The molecule has 0 aliphatic carbocycles. The highest BCUT2D eigenvalue weighted by Gasteiger charge is 2.19. The van der Waals surface area contributed by atoms with Crippen LogP contribution in [0.4, 0.5) is 0 Å². The van der Waals surface area contributed by atoms with Crippen LogP contribution in [0.2, 0.25) is 0 Å². The molecule has 0 aliphatic heterocycles. The number of esters is 3. The van der Waals surface area contributed by atoms with Gasteiger partial charge in [-0.05, 0) is 109 Å². The maximum Gasteiger partial charge on any atom is 0.306 e. The molecule has 0 amide bonds. The van der Waals surface area contributed by atoms with Crippen molar-refractivity contribution in [1.29, 1.82) is 0 Å². The van der Waals surface area contributed by atoms with Crippen LogP contribution in [0, 0.1) is 0 Å². The Kier molecular flexibility index (Phi) is 58.3. The van der Waals surface area contributed by atoms with Crippen molar-refractivity contribution < 1.29 is 28.6 Å². The number of carbonyl (C=O) groups is 3. The summed E-state index contributed by atoms with van der Waals surface area (Å²) in [6.45, 7) is 6.45. The van der Waals surface area contributed by atoms with Crippen LogP contribution >= 0.6 is 0 Å². The van der Waals surface area contributed by atoms with Crippen LogP contribution in [-0.2, 0) is 28.6 Å². The summed E-state index contributed by atoms with van der Waals surface area (Å²) in [5, 5.41) is 0. The molecule has 6 nitrogen and oxygen atoms in total. The summed E-state index contributed by atoms with van der Waals surface area (Å²) in [5.41, 5.74) is 0. The van der Waals surface area contributed by atoms with Gasteiger partial charge in [-0.25, -0.2) is 0 Å². The van der Waals surface area contributed by atoms with E-state index in [9.17, 15) is 14.4 Å². The molecule has 0 aliphatic rings. The molecule has 0 saturated carbocycles. The van der Waals surface area contributed by atoms with E-state index in [-0.39, 0.29) is 31.1 Å². The van der Waals surface area contributed by atoms with Gasteiger partial charge in [-0.1, -0.05) is 265 Å². The lowest BCUT2D eigenvalue weighted by atomic mass is 10.1. The largest absolute Gasteiger partial charge is 0.462 e. The SMILES string of the molecule is CC/C=C\C/C=C\C/C=C\C/C=C\C/C=C\C/C=C\CCCCCCCCCCCCC(=O)OCC(COC(=O)CCCCCCCC)OC(=O)CCCCCCCC/C=C\C/C=C\C/C=C\CCCCCCC. The van der Waals surface area contributed by atoms with Crippen molar-refractivity contribution in [3.8, 4) is 0 Å². The average molecular weight is 1030 g/mol. The molecule has 0 bridgehead atoms. The van der Waals surface area contributed by atoms with Crippen LogP contribution in [0.3, 0.4) is 0 Å². The number of hydrogen-bond acceptors (Lipinski definition) is 6. The number of hydrogen-bond donors (Lipinski definition) is 0. The van der Waals surface area contributed by atoms with Crippen LogP contribution in [-0.4, -0.2) is 37.2 Å². The van der Waals surface area contributed by atoms with Crippen molar-refractivity contribution in [2.24, 2.45) is 0 Å². The molecule has 0 saturated heterocycles. The number of allylic oxidation sites excluding steroid dienone is 18. The lowest BCUT2D eigenvalue weighted by Crippen LogP contribution is -2.30. The predicted molar refractivity (Wildman–Crippen MR) is 320 cm³/mol. The van der Waals surface area contributed by atoms with E-state index in [1.165, 1.54) is 122 Å². The molecule has 6 heteroatoms. The van der Waals surface area contributed by atoms with Gasteiger partial charge in [0.2, 0.25) is 0 Å². The van der Waals surface area contributed by atoms with Crippen LogP contribution in [0.15, 0.2) is 109 Å². The molecule has 0 spiro atoms. The fourth-order valence-electron chi connectivity index (χ4n) is 8.39. The van der Waals surface area contributed by atoms with Gasteiger partial charge in [0.15, 0.2) is 6.10 Å². The van der Waals surface area contributed by atoms with Gasteiger partial charge in [0.05, 0.1) is 0 Å². The van der Waals surface area contributed by atoms with Crippen molar-refractivity contribution in [2.75, 3.05) is 13.2 Å². The van der Waals surface area contributed by atoms with Crippen molar-refractivity contribution in [1.82, 2.24) is 0 Å². The minimum absolute atomic E-state index is 0.0848. The second kappa shape index (κ2) is 61.6. The highest BCUT2D eigenvalue weighted by molar-refractivity contribution is 5.71. The molecule has 0 aromatic rings. The second-order valence-electron chi connectivity index (χ2n) is 20.2. The molecule has 0 rings (SSSR count). The second-order valence-corrected chi connectivity index (χ2v) is 20.2. The Morgan fingerprint density at radius 2 is 0.527 bits per heavy atom. The van der Waals surface area contributed by atoms with Crippen LogP contribution < -0.4 is 0 Å². The van der Waals surface area contributed by atoms with Gasteiger partial charge in [-0.2, -0.15) is 0 Å². The highest BCUT2D eigenvalue weighted by Crippen LogP contribution is 2.15. The first-order valence-corrected chi connectivity index (χ1v) is 30.9. The number of rotatable bonds is 55. The smallest absolute Gasteiger partial charge is 0.306 e. The van der Waals surface area contributed by atoms with Crippen LogP contribution in [0.1, 0.15) is 284 Å². The molecule has 74 heavy (non-hydrogen) atoms. The van der Waals surface area contributed by atoms with Gasteiger partial charge >= 0.3 is 17.9 Å². The summed E-state index contributed by atoms with van der Waals surface area (Å²) in [6.07, 6.45) is 84.0. The number of ether oxygens (including phenoxy) is 3. The maximum atomic E-state index is 12.8. The maximum absolute atomic E-state index is 12.8. The number of unbranched alkanes of at least 4 members (excludes halogenated alkanes) is 26. The van der Waals surface area contributed by atoms with Crippen molar-refractivity contribution in [3.05, 3.63) is 109 Å². The third-order valence-corrected chi connectivity index (χ3v) is 13.0. The van der Waals surface area contributed by atoms with E-state index < -0.39 is 6.10 Å². The zero-order valence-corrected chi connectivity index (χ0v) is 48.3. The van der Waals surface area contributed by atoms with Crippen molar-refractivity contribution >= 4 is 17.9 Å². The Morgan fingerprint density at radius 1 is 0.284 bits per heavy atom. The minimum atomic E-state index is -0.785. The highest BCUT2D eigenvalue weighted by atomic mass is 16.6. The normalized spacial score (nSPS) is 12.9.